The molecule has 0 radical (unpaired) electrons. The van der Waals surface area contributed by atoms with Gasteiger partial charge >= 0.3 is 6.01 Å². The van der Waals surface area contributed by atoms with Crippen molar-refractivity contribution in [3.05, 3.63) is 34.9 Å². The Morgan fingerprint density at radius 2 is 1.91 bits per heavy atom. The van der Waals surface area contributed by atoms with E-state index in [2.05, 4.69) is 44.6 Å². The lowest BCUT2D eigenvalue weighted by Gasteiger charge is -2.28. The van der Waals surface area contributed by atoms with Gasteiger partial charge in [-0.2, -0.15) is 9.97 Å². The first-order valence-corrected chi connectivity index (χ1v) is 11.0. The maximum absolute atomic E-state index is 7.89. The van der Waals surface area contributed by atoms with Crippen molar-refractivity contribution in [2.24, 2.45) is 0 Å². The third-order valence-electron chi connectivity index (χ3n) is 5.85. The average Bonchev–Trinajstić information content (AvgIpc) is 2.87. The fraction of sp³-hybridized carbons (Fsp3) is 0.522. The van der Waals surface area contributed by atoms with Crippen LogP contribution in [0.5, 0.6) is 6.01 Å². The summed E-state index contributed by atoms with van der Waals surface area (Å²) in [6.07, 6.45) is 3.66. The van der Waals surface area contributed by atoms with Crippen molar-refractivity contribution in [3.8, 4) is 6.01 Å². The van der Waals surface area contributed by atoms with Gasteiger partial charge in [0.05, 0.1) is 20.3 Å². The second kappa shape index (κ2) is 11.8. The zero-order chi connectivity index (χ0) is 22.9. The Kier molecular flexibility index (Phi) is 8.78. The minimum absolute atomic E-state index is 0.323. The molecule has 0 unspecified atom stereocenters. The minimum Gasteiger partial charge on any atom is -0.467 e. The van der Waals surface area contributed by atoms with E-state index in [9.17, 15) is 0 Å². The van der Waals surface area contributed by atoms with Crippen molar-refractivity contribution in [2.75, 3.05) is 63.8 Å². The fourth-order valence-corrected chi connectivity index (χ4v) is 4.21. The normalized spacial score (nSPS) is 16.7. The number of nitrogens with zero attached hydrogens (tertiary/aromatic N) is 3. The molecule has 2 aliphatic rings. The van der Waals surface area contributed by atoms with Crippen LogP contribution in [0.3, 0.4) is 0 Å². The van der Waals surface area contributed by atoms with Crippen LogP contribution in [0.2, 0.25) is 0 Å². The predicted molar refractivity (Wildman–Crippen MR) is 127 cm³/mol. The molecule has 2 aliphatic heterocycles. The van der Waals surface area contributed by atoms with E-state index in [0.717, 1.165) is 63.2 Å². The number of anilines is 3. The zero-order valence-electron chi connectivity index (χ0n) is 19.1. The summed E-state index contributed by atoms with van der Waals surface area (Å²) >= 11 is 0. The average molecular weight is 443 g/mol. The lowest BCUT2D eigenvalue weighted by Crippen LogP contribution is -2.36. The van der Waals surface area contributed by atoms with E-state index in [-0.39, 0.29) is 0 Å². The van der Waals surface area contributed by atoms with E-state index < -0.39 is 0 Å². The maximum atomic E-state index is 7.89. The molecule has 0 aliphatic carbocycles. The number of rotatable bonds is 6. The molecule has 0 spiro atoms. The summed E-state index contributed by atoms with van der Waals surface area (Å²) < 4.78 is 10.8. The third kappa shape index (κ3) is 5.73. The molecule has 9 nitrogen and oxygen atoms in total. The Hall–Kier alpha value is -2.75. The molecular formula is C23H34N6O3. The number of nitrogens with one attached hydrogen (secondary N) is 3. The van der Waals surface area contributed by atoms with Crippen LogP contribution in [0.25, 0.3) is 0 Å². The monoisotopic (exact) mass is 442 g/mol. The Bertz CT molecular complexity index is 896. The SMILES string of the molecule is CO.COc1nc(Nc2cc(C3CCNCC3)c(C)cc2C=N)cc(N2CCOCC2)n1. The zero-order valence-corrected chi connectivity index (χ0v) is 19.1. The largest absolute Gasteiger partial charge is 0.467 e. The maximum Gasteiger partial charge on any atom is 0.320 e. The van der Waals surface area contributed by atoms with Gasteiger partial charge in [-0.1, -0.05) is 0 Å². The molecule has 0 bridgehead atoms. The summed E-state index contributed by atoms with van der Waals surface area (Å²) in [5.41, 5.74) is 4.31. The van der Waals surface area contributed by atoms with Crippen LogP contribution >= 0.6 is 0 Å². The van der Waals surface area contributed by atoms with Crippen LogP contribution in [-0.2, 0) is 4.74 Å². The highest BCUT2D eigenvalue weighted by atomic mass is 16.5. The molecule has 2 fully saturated rings. The number of piperidine rings is 1. The number of aliphatic hydroxyl groups is 1. The number of morpholine rings is 1. The highest BCUT2D eigenvalue weighted by molar-refractivity contribution is 5.88. The van der Waals surface area contributed by atoms with Gasteiger partial charge in [-0.3, -0.25) is 0 Å². The van der Waals surface area contributed by atoms with Crippen molar-refractivity contribution in [1.29, 1.82) is 5.41 Å². The van der Waals surface area contributed by atoms with Gasteiger partial charge in [-0.15, -0.1) is 0 Å². The molecule has 2 aromatic rings. The molecule has 2 saturated heterocycles. The minimum atomic E-state index is 0.323. The standard InChI is InChI=1S/C22H30N6O2.CH4O/c1-15-11-17(14-23)19(12-18(15)16-3-5-24-6-4-16)25-20-13-21(27-22(26-20)29-2)28-7-9-30-10-8-28;1-2/h11-14,16,23-24H,3-10H2,1-2H3,(H,25,26,27);2H,1H3. The number of benzene rings is 1. The molecular weight excluding hydrogens is 408 g/mol. The predicted octanol–water partition coefficient (Wildman–Crippen LogP) is 2.45. The summed E-state index contributed by atoms with van der Waals surface area (Å²) in [6, 6.07) is 6.54. The molecule has 0 atom stereocenters. The van der Waals surface area contributed by atoms with E-state index in [1.54, 1.807) is 7.11 Å². The van der Waals surface area contributed by atoms with Gasteiger partial charge in [0.25, 0.3) is 0 Å². The highest BCUT2D eigenvalue weighted by Gasteiger charge is 2.20. The summed E-state index contributed by atoms with van der Waals surface area (Å²) in [4.78, 5) is 11.2. The molecule has 4 N–H and O–H groups in total. The molecule has 174 valence electrons. The Morgan fingerprint density at radius 3 is 2.56 bits per heavy atom. The van der Waals surface area contributed by atoms with Gasteiger partial charge < -0.3 is 35.5 Å². The van der Waals surface area contributed by atoms with Crippen LogP contribution in [0.4, 0.5) is 17.3 Å². The number of aliphatic hydroxyl groups excluding tert-OH is 1. The second-order valence-electron chi connectivity index (χ2n) is 7.79. The van der Waals surface area contributed by atoms with Gasteiger partial charge in [0.1, 0.15) is 11.6 Å². The molecule has 1 aromatic carbocycles. The molecule has 32 heavy (non-hydrogen) atoms. The number of methoxy groups -OCH3 is 1. The lowest BCUT2D eigenvalue weighted by molar-refractivity contribution is 0.122. The van der Waals surface area contributed by atoms with Crippen molar-refractivity contribution in [2.45, 2.75) is 25.7 Å². The summed E-state index contributed by atoms with van der Waals surface area (Å²) in [6.45, 7) is 7.18. The third-order valence-corrected chi connectivity index (χ3v) is 5.85. The summed E-state index contributed by atoms with van der Waals surface area (Å²) in [5.74, 6) is 2.01. The van der Waals surface area contributed by atoms with Gasteiger partial charge in [0.15, 0.2) is 0 Å². The van der Waals surface area contributed by atoms with Crippen LogP contribution in [0.15, 0.2) is 18.2 Å². The number of aromatic nitrogens is 2. The molecule has 3 heterocycles. The van der Waals surface area contributed by atoms with Gasteiger partial charge in [-0.05, 0) is 62.0 Å². The fourth-order valence-electron chi connectivity index (χ4n) is 4.21. The second-order valence-corrected chi connectivity index (χ2v) is 7.79. The number of hydrogen-bond donors (Lipinski definition) is 4. The molecule has 9 heteroatoms. The first kappa shape index (κ1) is 23.9. The molecule has 0 amide bonds. The first-order chi connectivity index (χ1) is 15.7. The van der Waals surface area contributed by atoms with Crippen LogP contribution < -0.4 is 20.3 Å². The highest BCUT2D eigenvalue weighted by Crippen LogP contribution is 2.33. The Balaban J connectivity index is 0.00000141. The van der Waals surface area contributed by atoms with Crippen molar-refractivity contribution in [3.63, 3.8) is 0 Å². The van der Waals surface area contributed by atoms with Crippen LogP contribution in [0, 0.1) is 12.3 Å². The topological polar surface area (TPSA) is 116 Å². The van der Waals surface area contributed by atoms with Crippen LogP contribution in [0.1, 0.15) is 35.4 Å². The molecule has 4 rings (SSSR count). The molecule has 0 saturated carbocycles. The number of ether oxygens (including phenoxy) is 2. The Labute approximate surface area is 189 Å². The van der Waals surface area contributed by atoms with Gasteiger partial charge in [-0.25, -0.2) is 0 Å². The van der Waals surface area contributed by atoms with Gasteiger partial charge in [0.2, 0.25) is 0 Å². The van der Waals surface area contributed by atoms with E-state index in [0.29, 0.717) is 31.0 Å². The summed E-state index contributed by atoms with van der Waals surface area (Å²) in [7, 11) is 2.58. The lowest BCUT2D eigenvalue weighted by atomic mass is 9.86. The van der Waals surface area contributed by atoms with E-state index in [1.165, 1.54) is 17.3 Å². The number of aryl methyl sites for hydroxylation is 1. The first-order valence-electron chi connectivity index (χ1n) is 11.0. The van der Waals surface area contributed by atoms with E-state index >= 15 is 0 Å². The van der Waals surface area contributed by atoms with Crippen LogP contribution in [-0.4, -0.2) is 74.9 Å². The number of hydrogen-bond acceptors (Lipinski definition) is 9. The molecule has 1 aromatic heterocycles. The smallest absolute Gasteiger partial charge is 0.320 e. The quantitative estimate of drug-likeness (QED) is 0.504. The Morgan fingerprint density at radius 1 is 1.19 bits per heavy atom. The van der Waals surface area contributed by atoms with Gasteiger partial charge in [0, 0.05) is 43.7 Å². The van der Waals surface area contributed by atoms with Crippen molar-refractivity contribution < 1.29 is 14.6 Å². The van der Waals surface area contributed by atoms with E-state index in [4.69, 9.17) is 20.0 Å². The van der Waals surface area contributed by atoms with Crippen molar-refractivity contribution in [1.82, 2.24) is 15.3 Å². The van der Waals surface area contributed by atoms with E-state index in [1.807, 2.05) is 6.07 Å². The van der Waals surface area contributed by atoms with Crippen molar-refractivity contribution >= 4 is 23.5 Å². The summed E-state index contributed by atoms with van der Waals surface area (Å²) in [5, 5.41) is 21.8.